The second kappa shape index (κ2) is 6.04. The van der Waals surface area contributed by atoms with E-state index in [1.807, 2.05) is 25.1 Å². The molecule has 2 nitrogen and oxygen atoms in total. The van der Waals surface area contributed by atoms with E-state index in [0.717, 1.165) is 35.7 Å². The summed E-state index contributed by atoms with van der Waals surface area (Å²) in [5.74, 6) is 0. The molecule has 0 saturated carbocycles. The number of benzene rings is 2. The van der Waals surface area contributed by atoms with Gasteiger partial charge in [-0.3, -0.25) is 0 Å². The first-order valence-electron chi connectivity index (χ1n) is 7.08. The third-order valence-corrected chi connectivity index (χ3v) is 4.35. The molecule has 1 aliphatic rings. The molecule has 0 aliphatic carbocycles. The third kappa shape index (κ3) is 3.04. The van der Waals surface area contributed by atoms with Crippen LogP contribution in [-0.4, -0.2) is 11.7 Å². The van der Waals surface area contributed by atoms with Gasteiger partial charge in [0.1, 0.15) is 0 Å². The highest BCUT2D eigenvalue weighted by Crippen LogP contribution is 2.28. The molecule has 2 aromatic carbocycles. The van der Waals surface area contributed by atoms with Crippen LogP contribution in [0.1, 0.15) is 17.5 Å². The van der Waals surface area contributed by atoms with E-state index in [-0.39, 0.29) is 0 Å². The largest absolute Gasteiger partial charge is 0.332 e. The number of nitrogens with zero attached hydrogens (tertiary/aromatic N) is 1. The lowest BCUT2D eigenvalue weighted by Gasteiger charge is -2.32. The Kier molecular flexibility index (Phi) is 4.13. The summed E-state index contributed by atoms with van der Waals surface area (Å²) in [6.45, 7) is 2.99. The molecule has 0 amide bonds. The number of aryl methyl sites for hydroxylation is 2. The average molecular weight is 317 g/mol. The predicted octanol–water partition coefficient (Wildman–Crippen LogP) is 4.80. The van der Waals surface area contributed by atoms with Crippen molar-refractivity contribution in [2.24, 2.45) is 0 Å². The number of thiocarbonyl (C=S) groups is 1. The van der Waals surface area contributed by atoms with Crippen molar-refractivity contribution < 1.29 is 0 Å². The SMILES string of the molecule is Cc1ccc(Cl)cc1NC(=S)N1CCCc2ccccc21. The minimum absolute atomic E-state index is 0.713. The fourth-order valence-electron chi connectivity index (χ4n) is 2.66. The van der Waals surface area contributed by atoms with Gasteiger partial charge in [-0.15, -0.1) is 0 Å². The number of para-hydroxylation sites is 1. The molecule has 108 valence electrons. The first-order chi connectivity index (χ1) is 10.1. The molecule has 0 bridgehead atoms. The van der Waals surface area contributed by atoms with Gasteiger partial charge in [0, 0.05) is 22.9 Å². The highest BCUT2D eigenvalue weighted by Gasteiger charge is 2.19. The lowest BCUT2D eigenvalue weighted by molar-refractivity contribution is 0.780. The van der Waals surface area contributed by atoms with Crippen LogP contribution in [0.2, 0.25) is 5.02 Å². The van der Waals surface area contributed by atoms with E-state index in [4.69, 9.17) is 23.8 Å². The van der Waals surface area contributed by atoms with Gasteiger partial charge in [0.2, 0.25) is 0 Å². The maximum atomic E-state index is 6.07. The van der Waals surface area contributed by atoms with Gasteiger partial charge < -0.3 is 10.2 Å². The summed E-state index contributed by atoms with van der Waals surface area (Å²) in [5, 5.41) is 4.78. The molecule has 0 spiro atoms. The minimum atomic E-state index is 0.713. The van der Waals surface area contributed by atoms with E-state index in [2.05, 4.69) is 34.5 Å². The molecule has 0 fully saturated rings. The van der Waals surface area contributed by atoms with Crippen molar-refractivity contribution in [3.05, 3.63) is 58.6 Å². The zero-order chi connectivity index (χ0) is 14.8. The molecule has 1 aliphatic heterocycles. The molecule has 0 unspecified atom stereocenters. The van der Waals surface area contributed by atoms with Gasteiger partial charge in [0.05, 0.1) is 0 Å². The fourth-order valence-corrected chi connectivity index (χ4v) is 3.13. The first kappa shape index (κ1) is 14.4. The number of rotatable bonds is 1. The molecule has 21 heavy (non-hydrogen) atoms. The molecule has 1 heterocycles. The molecule has 0 saturated heterocycles. The summed E-state index contributed by atoms with van der Waals surface area (Å²) >= 11 is 11.7. The Morgan fingerprint density at radius 1 is 1.24 bits per heavy atom. The second-order valence-electron chi connectivity index (χ2n) is 5.27. The maximum Gasteiger partial charge on any atom is 0.177 e. The van der Waals surface area contributed by atoms with Crippen molar-refractivity contribution in [1.29, 1.82) is 0 Å². The second-order valence-corrected chi connectivity index (χ2v) is 6.10. The van der Waals surface area contributed by atoms with Gasteiger partial charge in [-0.1, -0.05) is 35.9 Å². The number of anilines is 2. The van der Waals surface area contributed by atoms with Crippen LogP contribution in [0.5, 0.6) is 0 Å². The van der Waals surface area contributed by atoms with Crippen LogP contribution in [0.15, 0.2) is 42.5 Å². The van der Waals surface area contributed by atoms with Gasteiger partial charge in [-0.05, 0) is 61.3 Å². The zero-order valence-electron chi connectivity index (χ0n) is 11.9. The number of nitrogens with one attached hydrogen (secondary N) is 1. The highest BCUT2D eigenvalue weighted by molar-refractivity contribution is 7.80. The monoisotopic (exact) mass is 316 g/mol. The van der Waals surface area contributed by atoms with Crippen LogP contribution in [0.3, 0.4) is 0 Å². The summed E-state index contributed by atoms with van der Waals surface area (Å²) in [7, 11) is 0. The van der Waals surface area contributed by atoms with Gasteiger partial charge in [-0.25, -0.2) is 0 Å². The van der Waals surface area contributed by atoms with Gasteiger partial charge >= 0.3 is 0 Å². The lowest BCUT2D eigenvalue weighted by atomic mass is 10.0. The molecular formula is C17H17ClN2S. The third-order valence-electron chi connectivity index (χ3n) is 3.80. The Balaban J connectivity index is 1.85. The molecule has 0 atom stereocenters. The van der Waals surface area contributed by atoms with Crippen LogP contribution in [0.4, 0.5) is 11.4 Å². The fraction of sp³-hybridized carbons (Fsp3) is 0.235. The predicted molar refractivity (Wildman–Crippen MR) is 94.5 cm³/mol. The Bertz CT molecular complexity index is 684. The number of hydrogen-bond acceptors (Lipinski definition) is 1. The quantitative estimate of drug-likeness (QED) is 0.761. The Morgan fingerprint density at radius 2 is 2.05 bits per heavy atom. The van der Waals surface area contributed by atoms with E-state index in [9.17, 15) is 0 Å². The maximum absolute atomic E-state index is 6.07. The number of halogens is 1. The number of hydrogen-bond donors (Lipinski definition) is 1. The summed E-state index contributed by atoms with van der Waals surface area (Å²) in [6.07, 6.45) is 2.23. The standard InChI is InChI=1S/C17H17ClN2S/c1-12-8-9-14(18)11-15(12)19-17(21)20-10-4-6-13-5-2-3-7-16(13)20/h2-3,5,7-9,11H,4,6,10H2,1H3,(H,19,21). The van der Waals surface area contributed by atoms with Crippen LogP contribution in [-0.2, 0) is 6.42 Å². The van der Waals surface area contributed by atoms with Crippen molar-refractivity contribution >= 4 is 40.3 Å². The molecule has 0 radical (unpaired) electrons. The van der Waals surface area contributed by atoms with E-state index in [1.165, 1.54) is 11.3 Å². The summed E-state index contributed by atoms with van der Waals surface area (Å²) in [5.41, 5.74) is 4.67. The van der Waals surface area contributed by atoms with Crippen LogP contribution in [0, 0.1) is 6.92 Å². The van der Waals surface area contributed by atoms with Crippen LogP contribution >= 0.6 is 23.8 Å². The minimum Gasteiger partial charge on any atom is -0.332 e. The zero-order valence-corrected chi connectivity index (χ0v) is 13.5. The van der Waals surface area contributed by atoms with Gasteiger partial charge in [0.25, 0.3) is 0 Å². The molecular weight excluding hydrogens is 300 g/mol. The summed E-state index contributed by atoms with van der Waals surface area (Å²) in [4.78, 5) is 2.18. The van der Waals surface area contributed by atoms with Crippen molar-refractivity contribution in [2.75, 3.05) is 16.8 Å². The molecule has 4 heteroatoms. The summed E-state index contributed by atoms with van der Waals surface area (Å²) < 4.78 is 0. The van der Waals surface area contributed by atoms with E-state index in [1.54, 1.807) is 0 Å². The van der Waals surface area contributed by atoms with Gasteiger partial charge in [-0.2, -0.15) is 0 Å². The normalized spacial score (nSPS) is 13.7. The van der Waals surface area contributed by atoms with Gasteiger partial charge in [0.15, 0.2) is 5.11 Å². The molecule has 3 rings (SSSR count). The van der Waals surface area contributed by atoms with E-state index >= 15 is 0 Å². The van der Waals surface area contributed by atoms with E-state index in [0.29, 0.717) is 5.02 Å². The Morgan fingerprint density at radius 3 is 2.90 bits per heavy atom. The summed E-state index contributed by atoms with van der Waals surface area (Å²) in [6, 6.07) is 14.3. The van der Waals surface area contributed by atoms with Crippen molar-refractivity contribution in [2.45, 2.75) is 19.8 Å². The van der Waals surface area contributed by atoms with E-state index < -0.39 is 0 Å². The first-order valence-corrected chi connectivity index (χ1v) is 7.86. The topological polar surface area (TPSA) is 15.3 Å². The molecule has 2 aromatic rings. The highest BCUT2D eigenvalue weighted by atomic mass is 35.5. The van der Waals surface area contributed by atoms with Crippen LogP contribution in [0.25, 0.3) is 0 Å². The van der Waals surface area contributed by atoms with Crippen LogP contribution < -0.4 is 10.2 Å². The van der Waals surface area contributed by atoms with Crippen molar-refractivity contribution in [3.63, 3.8) is 0 Å². The van der Waals surface area contributed by atoms with Crippen molar-refractivity contribution in [3.8, 4) is 0 Å². The Hall–Kier alpha value is -1.58. The smallest absolute Gasteiger partial charge is 0.177 e. The average Bonchev–Trinajstić information content (AvgIpc) is 2.50. The Labute approximate surface area is 135 Å². The number of fused-ring (bicyclic) bond motifs is 1. The molecule has 0 aromatic heterocycles. The lowest BCUT2D eigenvalue weighted by Crippen LogP contribution is -2.38. The van der Waals surface area contributed by atoms with Crippen molar-refractivity contribution in [1.82, 2.24) is 0 Å². The molecule has 1 N–H and O–H groups in total.